The highest BCUT2D eigenvalue weighted by Crippen LogP contribution is 2.22. The third kappa shape index (κ3) is 2.50. The van der Waals surface area contributed by atoms with Gasteiger partial charge in [0.1, 0.15) is 0 Å². The molecule has 0 radical (unpaired) electrons. The number of aromatic amines is 2. The molecule has 1 aromatic heterocycles. The second-order valence-corrected chi connectivity index (χ2v) is 5.54. The summed E-state index contributed by atoms with van der Waals surface area (Å²) in [5.41, 5.74) is 2.25. The van der Waals surface area contributed by atoms with Crippen molar-refractivity contribution in [1.82, 2.24) is 14.8 Å². The fourth-order valence-electron chi connectivity index (χ4n) is 2.53. The first-order chi connectivity index (χ1) is 9.25. The van der Waals surface area contributed by atoms with Gasteiger partial charge in [-0.2, -0.15) is 0 Å². The van der Waals surface area contributed by atoms with Gasteiger partial charge in [-0.1, -0.05) is 6.07 Å². The number of benzene rings is 1. The molecule has 6 heteroatoms. The van der Waals surface area contributed by atoms with Crippen molar-refractivity contribution in [3.05, 3.63) is 33.8 Å². The normalized spacial score (nSPS) is 15.7. The zero-order valence-corrected chi connectivity index (χ0v) is 12.2. The van der Waals surface area contributed by atoms with E-state index in [0.717, 1.165) is 18.8 Å². The summed E-state index contributed by atoms with van der Waals surface area (Å²) in [6.45, 7) is 2.27. The lowest BCUT2D eigenvalue weighted by atomic mass is 10.1. The second-order valence-electron chi connectivity index (χ2n) is 4.76. The van der Waals surface area contributed by atoms with Gasteiger partial charge < -0.3 is 4.90 Å². The molecule has 1 saturated heterocycles. The van der Waals surface area contributed by atoms with Crippen LogP contribution in [0, 0.1) is 9.54 Å². The highest BCUT2D eigenvalue weighted by atomic mass is 32.1. The lowest BCUT2D eigenvalue weighted by molar-refractivity contribution is 0.578. The van der Waals surface area contributed by atoms with Crippen molar-refractivity contribution in [2.75, 3.05) is 18.0 Å². The van der Waals surface area contributed by atoms with Crippen LogP contribution in [0.1, 0.15) is 19.3 Å². The van der Waals surface area contributed by atoms with E-state index in [2.05, 4.69) is 33.3 Å². The van der Waals surface area contributed by atoms with Gasteiger partial charge in [-0.05, 0) is 61.9 Å². The van der Waals surface area contributed by atoms with Gasteiger partial charge >= 0.3 is 0 Å². The summed E-state index contributed by atoms with van der Waals surface area (Å²) in [7, 11) is 0. The van der Waals surface area contributed by atoms with Gasteiger partial charge in [0.15, 0.2) is 9.54 Å². The molecular formula is C13H16N4S2. The van der Waals surface area contributed by atoms with E-state index in [1.165, 1.54) is 24.9 Å². The molecule has 1 aliphatic rings. The Morgan fingerprint density at radius 1 is 0.895 bits per heavy atom. The maximum atomic E-state index is 5.25. The van der Waals surface area contributed by atoms with E-state index in [0.29, 0.717) is 9.54 Å². The lowest BCUT2D eigenvalue weighted by Crippen LogP contribution is -2.29. The molecule has 1 fully saturated rings. The molecule has 2 aromatic rings. The molecule has 2 N–H and O–H groups in total. The van der Waals surface area contributed by atoms with Crippen molar-refractivity contribution in [3.63, 3.8) is 0 Å². The minimum absolute atomic E-state index is 0.598. The molecule has 0 spiro atoms. The van der Waals surface area contributed by atoms with Crippen LogP contribution in [0.4, 0.5) is 5.69 Å². The monoisotopic (exact) mass is 292 g/mol. The van der Waals surface area contributed by atoms with E-state index < -0.39 is 0 Å². The van der Waals surface area contributed by atoms with Gasteiger partial charge in [0, 0.05) is 18.8 Å². The van der Waals surface area contributed by atoms with Gasteiger partial charge in [-0.15, -0.1) is 0 Å². The quantitative estimate of drug-likeness (QED) is 0.831. The first-order valence-corrected chi connectivity index (χ1v) is 7.32. The summed E-state index contributed by atoms with van der Waals surface area (Å²) in [5, 5.41) is 5.74. The van der Waals surface area contributed by atoms with Crippen LogP contribution in [0.25, 0.3) is 5.69 Å². The number of piperidine rings is 1. The number of nitrogens with one attached hydrogen (secondary N) is 2. The number of aromatic nitrogens is 3. The predicted octanol–water partition coefficient (Wildman–Crippen LogP) is 3.58. The maximum Gasteiger partial charge on any atom is 0.198 e. The Kier molecular flexibility index (Phi) is 3.52. The molecule has 0 saturated carbocycles. The largest absolute Gasteiger partial charge is 0.371 e. The number of hydrogen-bond donors (Lipinski definition) is 2. The fraction of sp³-hybridized carbons (Fsp3) is 0.385. The molecule has 0 atom stereocenters. The topological polar surface area (TPSA) is 39.8 Å². The molecule has 19 heavy (non-hydrogen) atoms. The van der Waals surface area contributed by atoms with Crippen molar-refractivity contribution >= 4 is 30.1 Å². The average molecular weight is 292 g/mol. The van der Waals surface area contributed by atoms with Crippen LogP contribution in [-0.2, 0) is 0 Å². The highest BCUT2D eigenvalue weighted by Gasteiger charge is 2.11. The predicted molar refractivity (Wildman–Crippen MR) is 82.2 cm³/mol. The SMILES string of the molecule is S=c1[nH][nH]c(=S)n1-c1cccc(N2CCCCC2)c1. The fourth-order valence-corrected chi connectivity index (χ4v) is 3.08. The molecule has 0 amide bonds. The summed E-state index contributed by atoms with van der Waals surface area (Å²) in [6, 6.07) is 8.39. The van der Waals surface area contributed by atoms with Crippen molar-refractivity contribution in [2.45, 2.75) is 19.3 Å². The number of H-pyrrole nitrogens is 2. The second kappa shape index (κ2) is 5.30. The van der Waals surface area contributed by atoms with Crippen LogP contribution < -0.4 is 4.90 Å². The Labute approximate surface area is 122 Å². The van der Waals surface area contributed by atoms with Crippen molar-refractivity contribution in [2.24, 2.45) is 0 Å². The molecule has 2 heterocycles. The van der Waals surface area contributed by atoms with E-state index in [1.54, 1.807) is 0 Å². The molecule has 0 aliphatic carbocycles. The van der Waals surface area contributed by atoms with Crippen LogP contribution in [0.2, 0.25) is 0 Å². The molecule has 1 aliphatic heterocycles. The lowest BCUT2D eigenvalue weighted by Gasteiger charge is -2.29. The minimum atomic E-state index is 0.598. The Bertz CT molecular complexity index is 649. The van der Waals surface area contributed by atoms with Gasteiger partial charge in [-0.25, -0.2) is 0 Å². The third-order valence-electron chi connectivity index (χ3n) is 3.49. The Morgan fingerprint density at radius 2 is 1.53 bits per heavy atom. The van der Waals surface area contributed by atoms with Crippen molar-refractivity contribution in [3.8, 4) is 5.69 Å². The molecule has 1 aromatic carbocycles. The summed E-state index contributed by atoms with van der Waals surface area (Å²) in [5.74, 6) is 0. The Morgan fingerprint density at radius 3 is 2.21 bits per heavy atom. The van der Waals surface area contributed by atoms with Crippen LogP contribution in [0.3, 0.4) is 0 Å². The van der Waals surface area contributed by atoms with E-state index in [9.17, 15) is 0 Å². The van der Waals surface area contributed by atoms with Gasteiger partial charge in [0.05, 0.1) is 5.69 Å². The summed E-state index contributed by atoms with van der Waals surface area (Å²) >= 11 is 10.5. The van der Waals surface area contributed by atoms with E-state index in [-0.39, 0.29) is 0 Å². The number of rotatable bonds is 2. The Balaban J connectivity index is 2.00. The summed E-state index contributed by atoms with van der Waals surface area (Å²) in [6.07, 6.45) is 3.88. The maximum absolute atomic E-state index is 5.25. The van der Waals surface area contributed by atoms with Crippen molar-refractivity contribution in [1.29, 1.82) is 0 Å². The third-order valence-corrected chi connectivity index (χ3v) is 4.06. The summed E-state index contributed by atoms with van der Waals surface area (Å²) in [4.78, 5) is 2.43. The number of hydrogen-bond acceptors (Lipinski definition) is 3. The smallest absolute Gasteiger partial charge is 0.198 e. The molecule has 4 nitrogen and oxygen atoms in total. The van der Waals surface area contributed by atoms with E-state index in [4.69, 9.17) is 24.4 Å². The molecule has 3 rings (SSSR count). The first-order valence-electron chi connectivity index (χ1n) is 6.51. The zero-order chi connectivity index (χ0) is 13.2. The number of nitrogens with zero attached hydrogens (tertiary/aromatic N) is 2. The molecule has 0 bridgehead atoms. The van der Waals surface area contributed by atoms with Crippen LogP contribution in [0.5, 0.6) is 0 Å². The van der Waals surface area contributed by atoms with E-state index in [1.807, 2.05) is 10.6 Å². The Hall–Kier alpha value is -1.40. The first kappa shape index (κ1) is 12.6. The molecule has 100 valence electrons. The standard InChI is InChI=1S/C13H16N4S2/c18-12-14-15-13(19)17(12)11-6-4-5-10(9-11)16-7-2-1-3-8-16/h4-6,9H,1-3,7-8H2,(H,14,18)(H,15,19). The number of anilines is 1. The summed E-state index contributed by atoms with van der Waals surface area (Å²) < 4.78 is 3.04. The average Bonchev–Trinajstić information content (AvgIpc) is 2.79. The molecular weight excluding hydrogens is 276 g/mol. The van der Waals surface area contributed by atoms with Gasteiger partial charge in [0.25, 0.3) is 0 Å². The van der Waals surface area contributed by atoms with Crippen LogP contribution >= 0.6 is 24.4 Å². The van der Waals surface area contributed by atoms with Gasteiger partial charge in [-0.3, -0.25) is 14.8 Å². The zero-order valence-electron chi connectivity index (χ0n) is 10.6. The molecule has 0 unspecified atom stereocenters. The van der Waals surface area contributed by atoms with Crippen LogP contribution in [-0.4, -0.2) is 27.9 Å². The highest BCUT2D eigenvalue weighted by molar-refractivity contribution is 7.72. The van der Waals surface area contributed by atoms with Crippen LogP contribution in [0.15, 0.2) is 24.3 Å². The minimum Gasteiger partial charge on any atom is -0.371 e. The van der Waals surface area contributed by atoms with Crippen molar-refractivity contribution < 1.29 is 0 Å². The van der Waals surface area contributed by atoms with Gasteiger partial charge in [0.2, 0.25) is 0 Å². The van der Waals surface area contributed by atoms with E-state index >= 15 is 0 Å².